The van der Waals surface area contributed by atoms with Crippen molar-refractivity contribution in [2.24, 2.45) is 10.9 Å². The molecular formula is C25H24ClN3. The number of rotatable bonds is 3. The molecule has 1 fully saturated rings. The normalized spacial score (nSPS) is 16.9. The van der Waals surface area contributed by atoms with E-state index in [1.807, 2.05) is 18.2 Å². The van der Waals surface area contributed by atoms with Gasteiger partial charge < -0.3 is 5.32 Å². The molecular weight excluding hydrogens is 378 g/mol. The van der Waals surface area contributed by atoms with Gasteiger partial charge in [-0.05, 0) is 61.8 Å². The maximum absolute atomic E-state index is 6.37. The van der Waals surface area contributed by atoms with Gasteiger partial charge in [0.1, 0.15) is 0 Å². The predicted molar refractivity (Wildman–Crippen MR) is 122 cm³/mol. The number of aliphatic imine (C=N–C) groups is 1. The topological polar surface area (TPSA) is 27.6 Å². The van der Waals surface area contributed by atoms with Crippen molar-refractivity contribution in [1.82, 2.24) is 4.90 Å². The van der Waals surface area contributed by atoms with Crippen LogP contribution < -0.4 is 5.32 Å². The van der Waals surface area contributed by atoms with Crippen molar-refractivity contribution >= 4 is 34.4 Å². The molecule has 1 saturated heterocycles. The molecule has 3 aromatic rings. The van der Waals surface area contributed by atoms with E-state index in [1.54, 1.807) is 0 Å². The Morgan fingerprint density at radius 3 is 2.48 bits per heavy atom. The molecule has 0 saturated carbocycles. The fraction of sp³-hybridized carbons (Fsp3) is 0.240. The molecule has 0 radical (unpaired) electrons. The van der Waals surface area contributed by atoms with E-state index in [2.05, 4.69) is 64.8 Å². The number of nitrogens with zero attached hydrogens (tertiary/aromatic N) is 2. The summed E-state index contributed by atoms with van der Waals surface area (Å²) in [6, 6.07) is 25.1. The molecule has 0 bridgehead atoms. The molecule has 146 valence electrons. The maximum atomic E-state index is 6.37. The molecule has 0 spiro atoms. The zero-order valence-electron chi connectivity index (χ0n) is 16.3. The molecule has 29 heavy (non-hydrogen) atoms. The van der Waals surface area contributed by atoms with Crippen molar-refractivity contribution in [2.45, 2.75) is 19.4 Å². The van der Waals surface area contributed by atoms with E-state index in [1.165, 1.54) is 11.3 Å². The molecule has 2 aliphatic rings. The maximum Gasteiger partial charge on any atom is 0.0868 e. The van der Waals surface area contributed by atoms with E-state index < -0.39 is 0 Å². The molecule has 1 N–H and O–H groups in total. The van der Waals surface area contributed by atoms with Gasteiger partial charge in [0.2, 0.25) is 0 Å². The van der Waals surface area contributed by atoms with Crippen LogP contribution in [0.3, 0.4) is 0 Å². The highest BCUT2D eigenvalue weighted by Crippen LogP contribution is 2.38. The Labute approximate surface area is 177 Å². The lowest BCUT2D eigenvalue weighted by molar-refractivity contribution is 0.202. The largest absolute Gasteiger partial charge is 0.353 e. The fourth-order valence-electron chi connectivity index (χ4n) is 4.37. The highest BCUT2D eigenvalue weighted by Gasteiger charge is 2.27. The first kappa shape index (κ1) is 18.4. The van der Waals surface area contributed by atoms with Crippen LogP contribution in [0.15, 0.2) is 77.8 Å². The van der Waals surface area contributed by atoms with Gasteiger partial charge in [0.15, 0.2) is 0 Å². The third-order valence-electron chi connectivity index (χ3n) is 5.90. The number of halogens is 1. The number of likely N-dealkylation sites (tertiary alicyclic amines) is 1. The third kappa shape index (κ3) is 3.93. The van der Waals surface area contributed by atoms with Crippen LogP contribution in [-0.4, -0.2) is 23.7 Å². The SMILES string of the molecule is Clc1ccc2c(c1)C(C1CCN(Cc3ccccc3)CC1)=Nc1ccccc1N2. The first-order chi connectivity index (χ1) is 14.3. The summed E-state index contributed by atoms with van der Waals surface area (Å²) < 4.78 is 0. The molecule has 0 aromatic heterocycles. The van der Waals surface area contributed by atoms with Crippen LogP contribution in [0.5, 0.6) is 0 Å². The van der Waals surface area contributed by atoms with E-state index in [4.69, 9.17) is 16.6 Å². The molecule has 3 nitrogen and oxygen atoms in total. The highest BCUT2D eigenvalue weighted by atomic mass is 35.5. The van der Waals surface area contributed by atoms with E-state index in [-0.39, 0.29) is 0 Å². The number of hydrogen-bond acceptors (Lipinski definition) is 3. The number of hydrogen-bond donors (Lipinski definition) is 1. The molecule has 5 rings (SSSR count). The number of benzene rings is 3. The minimum atomic E-state index is 0.437. The van der Waals surface area contributed by atoms with Crippen molar-refractivity contribution < 1.29 is 0 Å². The smallest absolute Gasteiger partial charge is 0.0868 e. The van der Waals surface area contributed by atoms with Gasteiger partial charge in [-0.2, -0.15) is 0 Å². The zero-order valence-corrected chi connectivity index (χ0v) is 17.1. The Kier molecular flexibility index (Phi) is 5.09. The van der Waals surface area contributed by atoms with Crippen LogP contribution in [0.4, 0.5) is 17.1 Å². The Balaban J connectivity index is 1.41. The van der Waals surface area contributed by atoms with E-state index in [0.717, 1.165) is 60.1 Å². The number of para-hydroxylation sites is 2. The molecule has 0 atom stereocenters. The van der Waals surface area contributed by atoms with Crippen LogP contribution in [-0.2, 0) is 6.54 Å². The van der Waals surface area contributed by atoms with Crippen molar-refractivity contribution in [3.05, 3.63) is 88.9 Å². The Bertz CT molecular complexity index is 1040. The van der Waals surface area contributed by atoms with E-state index in [0.29, 0.717) is 5.92 Å². The fourth-order valence-corrected chi connectivity index (χ4v) is 4.54. The second kappa shape index (κ2) is 8.02. The lowest BCUT2D eigenvalue weighted by Gasteiger charge is -2.33. The van der Waals surface area contributed by atoms with Gasteiger partial charge in [0.05, 0.1) is 17.1 Å². The minimum absolute atomic E-state index is 0.437. The Morgan fingerprint density at radius 1 is 0.897 bits per heavy atom. The van der Waals surface area contributed by atoms with Crippen LogP contribution in [0.1, 0.15) is 24.0 Å². The predicted octanol–water partition coefficient (Wildman–Crippen LogP) is 6.43. The quantitative estimate of drug-likeness (QED) is 0.547. The Morgan fingerprint density at radius 2 is 1.66 bits per heavy atom. The molecule has 2 aliphatic heterocycles. The van der Waals surface area contributed by atoms with Crippen molar-refractivity contribution in [2.75, 3.05) is 18.4 Å². The van der Waals surface area contributed by atoms with Crippen molar-refractivity contribution in [1.29, 1.82) is 0 Å². The van der Waals surface area contributed by atoms with Gasteiger partial charge in [0.25, 0.3) is 0 Å². The molecule has 0 unspecified atom stereocenters. The second-order valence-electron chi connectivity index (χ2n) is 7.87. The summed E-state index contributed by atoms with van der Waals surface area (Å²) >= 11 is 6.37. The number of anilines is 2. The summed E-state index contributed by atoms with van der Waals surface area (Å²) in [4.78, 5) is 7.68. The lowest BCUT2D eigenvalue weighted by atomic mass is 9.87. The summed E-state index contributed by atoms with van der Waals surface area (Å²) in [5, 5.41) is 4.31. The van der Waals surface area contributed by atoms with Gasteiger partial charge in [0, 0.05) is 28.7 Å². The highest BCUT2D eigenvalue weighted by molar-refractivity contribution is 6.31. The minimum Gasteiger partial charge on any atom is -0.353 e. The molecule has 3 aromatic carbocycles. The van der Waals surface area contributed by atoms with Gasteiger partial charge >= 0.3 is 0 Å². The van der Waals surface area contributed by atoms with Crippen molar-refractivity contribution in [3.8, 4) is 0 Å². The van der Waals surface area contributed by atoms with E-state index in [9.17, 15) is 0 Å². The van der Waals surface area contributed by atoms with Crippen molar-refractivity contribution in [3.63, 3.8) is 0 Å². The molecule has 0 amide bonds. The number of fused-ring (bicyclic) bond motifs is 2. The van der Waals surface area contributed by atoms with Gasteiger partial charge in [-0.25, -0.2) is 0 Å². The molecule has 0 aliphatic carbocycles. The van der Waals surface area contributed by atoms with Gasteiger partial charge in [-0.1, -0.05) is 54.1 Å². The summed E-state index contributed by atoms with van der Waals surface area (Å²) in [5.41, 5.74) is 6.82. The number of nitrogens with one attached hydrogen (secondary N) is 1. The second-order valence-corrected chi connectivity index (χ2v) is 8.30. The average molecular weight is 402 g/mol. The van der Waals surface area contributed by atoms with Crippen LogP contribution in [0.2, 0.25) is 5.02 Å². The van der Waals surface area contributed by atoms with Gasteiger partial charge in [-0.15, -0.1) is 0 Å². The average Bonchev–Trinajstić information content (AvgIpc) is 2.92. The zero-order chi connectivity index (χ0) is 19.6. The summed E-state index contributed by atoms with van der Waals surface area (Å²) in [7, 11) is 0. The standard InChI is InChI=1S/C25H24ClN3/c26-20-10-11-22-21(16-20)25(28-24-9-5-4-8-23(24)27-22)19-12-14-29(15-13-19)17-18-6-2-1-3-7-18/h1-11,16,19,27H,12-15,17H2. The summed E-state index contributed by atoms with van der Waals surface area (Å²) in [6.45, 7) is 3.19. The lowest BCUT2D eigenvalue weighted by Crippen LogP contribution is -2.36. The third-order valence-corrected chi connectivity index (χ3v) is 6.13. The Hall–Kier alpha value is -2.62. The summed E-state index contributed by atoms with van der Waals surface area (Å²) in [6.07, 6.45) is 2.22. The molecule has 2 heterocycles. The van der Waals surface area contributed by atoms with E-state index >= 15 is 0 Å². The van der Waals surface area contributed by atoms with Crippen LogP contribution >= 0.6 is 11.6 Å². The van der Waals surface area contributed by atoms with Crippen LogP contribution in [0, 0.1) is 5.92 Å². The first-order valence-corrected chi connectivity index (χ1v) is 10.6. The first-order valence-electron chi connectivity index (χ1n) is 10.3. The van der Waals surface area contributed by atoms with Gasteiger partial charge in [-0.3, -0.25) is 9.89 Å². The number of piperidine rings is 1. The summed E-state index contributed by atoms with van der Waals surface area (Å²) in [5.74, 6) is 0.437. The molecule has 4 heteroatoms. The monoisotopic (exact) mass is 401 g/mol. The van der Waals surface area contributed by atoms with Crippen LogP contribution in [0.25, 0.3) is 0 Å².